The van der Waals surface area contributed by atoms with Gasteiger partial charge in [0.15, 0.2) is 10.8 Å². The van der Waals surface area contributed by atoms with Gasteiger partial charge in [-0.3, -0.25) is 0 Å². The van der Waals surface area contributed by atoms with Gasteiger partial charge in [-0.2, -0.15) is 0 Å². The quantitative estimate of drug-likeness (QED) is 0.779. The number of aryl methyl sites for hydroxylation is 1. The molecule has 0 unspecified atom stereocenters. The molecule has 2 aromatic heterocycles. The Kier molecular flexibility index (Phi) is 4.59. The summed E-state index contributed by atoms with van der Waals surface area (Å²) < 4.78 is 5.80. The van der Waals surface area contributed by atoms with Gasteiger partial charge in [-0.15, -0.1) is 22.7 Å². The van der Waals surface area contributed by atoms with Crippen LogP contribution in [0.1, 0.15) is 20.2 Å². The molecule has 2 rings (SSSR count). The fraction of sp³-hybridized carbons (Fsp3) is 0.333. The highest BCUT2D eigenvalue weighted by Gasteiger charge is 2.18. The second-order valence-corrected chi connectivity index (χ2v) is 7.07. The molecule has 0 aliphatic heterocycles. The van der Waals surface area contributed by atoms with E-state index in [1.54, 1.807) is 11.3 Å². The molecule has 0 aliphatic rings. The molecule has 0 N–H and O–H groups in total. The summed E-state index contributed by atoms with van der Waals surface area (Å²) >= 11 is 6.63. The third-order valence-corrected chi connectivity index (χ3v) is 5.27. The van der Waals surface area contributed by atoms with Gasteiger partial charge in [0.25, 0.3) is 0 Å². The Balaban J connectivity index is 2.15. The van der Waals surface area contributed by atoms with Crippen LogP contribution in [0.3, 0.4) is 0 Å². The van der Waals surface area contributed by atoms with Crippen molar-refractivity contribution >= 4 is 49.7 Å². The normalized spacial score (nSPS) is 10.5. The van der Waals surface area contributed by atoms with Gasteiger partial charge in [0.2, 0.25) is 0 Å². The van der Waals surface area contributed by atoms with E-state index in [2.05, 4.69) is 32.4 Å². The summed E-state index contributed by atoms with van der Waals surface area (Å²) in [6.45, 7) is 2.65. The number of hydrogen-bond donors (Lipinski definition) is 0. The summed E-state index contributed by atoms with van der Waals surface area (Å²) in [4.78, 5) is 20.0. The van der Waals surface area contributed by atoms with E-state index in [0.717, 1.165) is 21.0 Å². The Hall–Kier alpha value is -0.920. The summed E-state index contributed by atoms with van der Waals surface area (Å²) in [5, 5.41) is 2.87. The monoisotopic (exact) mass is 360 g/mol. The Bertz CT molecular complexity index is 594. The average Bonchev–Trinajstić information content (AvgIpc) is 2.95. The number of methoxy groups -OCH3 is 1. The molecular formula is C12H13BrN2O2S2. The minimum atomic E-state index is -0.382. The number of aromatic nitrogens is 1. The van der Waals surface area contributed by atoms with E-state index in [4.69, 9.17) is 4.74 Å². The molecule has 2 aromatic rings. The van der Waals surface area contributed by atoms with E-state index in [-0.39, 0.29) is 5.97 Å². The fourth-order valence-corrected chi connectivity index (χ4v) is 3.93. The second kappa shape index (κ2) is 6.02. The SMILES string of the molecule is COC(=O)c1nc(N(C)Cc2cc(Br)cs2)sc1C. The van der Waals surface area contributed by atoms with Gasteiger partial charge in [-0.25, -0.2) is 9.78 Å². The van der Waals surface area contributed by atoms with Gasteiger partial charge in [0.1, 0.15) is 0 Å². The number of ether oxygens (including phenoxy) is 1. The highest BCUT2D eigenvalue weighted by atomic mass is 79.9. The summed E-state index contributed by atoms with van der Waals surface area (Å²) in [6, 6.07) is 2.09. The summed E-state index contributed by atoms with van der Waals surface area (Å²) in [6.07, 6.45) is 0. The molecule has 0 aliphatic carbocycles. The van der Waals surface area contributed by atoms with Gasteiger partial charge >= 0.3 is 5.97 Å². The second-order valence-electron chi connectivity index (χ2n) is 3.98. The zero-order chi connectivity index (χ0) is 14.0. The topological polar surface area (TPSA) is 42.4 Å². The van der Waals surface area contributed by atoms with Gasteiger partial charge < -0.3 is 9.64 Å². The van der Waals surface area contributed by atoms with Crippen LogP contribution in [0, 0.1) is 6.92 Å². The van der Waals surface area contributed by atoms with Crippen molar-refractivity contribution in [2.45, 2.75) is 13.5 Å². The molecule has 102 valence electrons. The van der Waals surface area contributed by atoms with Crippen LogP contribution in [0.2, 0.25) is 0 Å². The lowest BCUT2D eigenvalue weighted by atomic mass is 10.4. The number of nitrogens with zero attached hydrogens (tertiary/aromatic N) is 2. The lowest BCUT2D eigenvalue weighted by molar-refractivity contribution is 0.0594. The molecule has 19 heavy (non-hydrogen) atoms. The van der Waals surface area contributed by atoms with Crippen molar-refractivity contribution in [1.29, 1.82) is 0 Å². The summed E-state index contributed by atoms with van der Waals surface area (Å²) in [7, 11) is 3.33. The molecule has 4 nitrogen and oxygen atoms in total. The molecular weight excluding hydrogens is 348 g/mol. The Morgan fingerprint density at radius 1 is 1.58 bits per heavy atom. The van der Waals surface area contributed by atoms with E-state index in [9.17, 15) is 4.79 Å². The fourth-order valence-electron chi connectivity index (χ4n) is 1.57. The van der Waals surface area contributed by atoms with Crippen molar-refractivity contribution in [3.63, 3.8) is 0 Å². The van der Waals surface area contributed by atoms with Gasteiger partial charge in [0.05, 0.1) is 13.7 Å². The minimum Gasteiger partial charge on any atom is -0.464 e. The number of thiophene rings is 1. The van der Waals surface area contributed by atoms with Gasteiger partial charge in [-0.05, 0) is 28.9 Å². The maximum atomic E-state index is 11.5. The first-order valence-corrected chi connectivity index (χ1v) is 8.00. The van der Waals surface area contributed by atoms with Crippen LogP contribution in [0.25, 0.3) is 0 Å². The van der Waals surface area contributed by atoms with Crippen LogP contribution >= 0.6 is 38.6 Å². The molecule has 0 saturated carbocycles. The van der Waals surface area contributed by atoms with E-state index < -0.39 is 0 Å². The van der Waals surface area contributed by atoms with Crippen LogP contribution in [-0.4, -0.2) is 25.1 Å². The molecule has 0 spiro atoms. The van der Waals surface area contributed by atoms with Crippen LogP contribution in [0.15, 0.2) is 15.9 Å². The van der Waals surface area contributed by atoms with E-state index in [1.165, 1.54) is 23.3 Å². The highest BCUT2D eigenvalue weighted by Crippen LogP contribution is 2.28. The predicted octanol–water partition coefficient (Wildman–Crippen LogP) is 3.70. The molecule has 7 heteroatoms. The number of carbonyl (C=O) groups is 1. The van der Waals surface area contributed by atoms with Crippen molar-refractivity contribution in [2.24, 2.45) is 0 Å². The molecule has 0 bridgehead atoms. The summed E-state index contributed by atoms with van der Waals surface area (Å²) in [5.74, 6) is -0.382. The van der Waals surface area contributed by atoms with Crippen LogP contribution in [0.4, 0.5) is 5.13 Å². The minimum absolute atomic E-state index is 0.382. The van der Waals surface area contributed by atoms with Crippen LogP contribution in [-0.2, 0) is 11.3 Å². The number of carbonyl (C=O) groups excluding carboxylic acids is 1. The first-order valence-electron chi connectivity index (χ1n) is 5.51. The standard InChI is InChI=1S/C12H13BrN2O2S2/c1-7-10(11(16)17-3)14-12(19-7)15(2)5-9-4-8(13)6-18-9/h4,6H,5H2,1-3H3. The third kappa shape index (κ3) is 3.34. The van der Waals surface area contributed by atoms with Crippen molar-refractivity contribution in [2.75, 3.05) is 19.1 Å². The maximum absolute atomic E-state index is 11.5. The van der Waals surface area contributed by atoms with Crippen molar-refractivity contribution < 1.29 is 9.53 Å². The van der Waals surface area contributed by atoms with Crippen molar-refractivity contribution in [3.05, 3.63) is 31.4 Å². The largest absolute Gasteiger partial charge is 0.464 e. The number of hydrogen-bond acceptors (Lipinski definition) is 6. The molecule has 2 heterocycles. The Morgan fingerprint density at radius 3 is 2.89 bits per heavy atom. The number of thiazole rings is 1. The lowest BCUT2D eigenvalue weighted by Gasteiger charge is -2.13. The Morgan fingerprint density at radius 2 is 2.32 bits per heavy atom. The molecule has 0 amide bonds. The Labute approximate surface area is 128 Å². The first-order chi connectivity index (χ1) is 9.01. The van der Waals surface area contributed by atoms with E-state index in [1.807, 2.05) is 18.9 Å². The lowest BCUT2D eigenvalue weighted by Crippen LogP contribution is -2.15. The third-order valence-electron chi connectivity index (χ3n) is 2.51. The smallest absolute Gasteiger partial charge is 0.357 e. The molecule has 0 saturated heterocycles. The van der Waals surface area contributed by atoms with Crippen molar-refractivity contribution in [3.8, 4) is 0 Å². The summed E-state index contributed by atoms with van der Waals surface area (Å²) in [5.41, 5.74) is 0.404. The zero-order valence-corrected chi connectivity index (χ0v) is 14.0. The average molecular weight is 361 g/mol. The van der Waals surface area contributed by atoms with Gasteiger partial charge in [-0.1, -0.05) is 0 Å². The predicted molar refractivity (Wildman–Crippen MR) is 82.3 cm³/mol. The number of rotatable bonds is 4. The highest BCUT2D eigenvalue weighted by molar-refractivity contribution is 9.10. The van der Waals surface area contributed by atoms with E-state index in [0.29, 0.717) is 5.69 Å². The first kappa shape index (κ1) is 14.5. The number of anilines is 1. The van der Waals surface area contributed by atoms with Crippen LogP contribution < -0.4 is 4.90 Å². The molecule has 0 aromatic carbocycles. The van der Waals surface area contributed by atoms with Crippen molar-refractivity contribution in [1.82, 2.24) is 4.98 Å². The maximum Gasteiger partial charge on any atom is 0.357 e. The zero-order valence-electron chi connectivity index (χ0n) is 10.8. The van der Waals surface area contributed by atoms with E-state index >= 15 is 0 Å². The van der Waals surface area contributed by atoms with Crippen LogP contribution in [0.5, 0.6) is 0 Å². The molecule has 0 fully saturated rings. The number of esters is 1. The molecule has 0 radical (unpaired) electrons. The molecule has 0 atom stereocenters. The van der Waals surface area contributed by atoms with Gasteiger partial charge in [0, 0.05) is 26.7 Å². The number of halogens is 1.